The van der Waals surface area contributed by atoms with Crippen molar-refractivity contribution >= 4 is 32.6 Å². The Morgan fingerprint density at radius 1 is 1.12 bits per heavy atom. The lowest BCUT2D eigenvalue weighted by molar-refractivity contribution is -0.120. The molecule has 0 N–H and O–H groups in total. The van der Waals surface area contributed by atoms with Crippen molar-refractivity contribution in [2.75, 3.05) is 11.4 Å². The lowest BCUT2D eigenvalue weighted by atomic mass is 10.0. The molecule has 0 spiro atoms. The number of aromatic nitrogens is 4. The van der Waals surface area contributed by atoms with Gasteiger partial charge < -0.3 is 4.90 Å². The number of hydrogen-bond donors (Lipinski definition) is 0. The average molecular weight is 446 g/mol. The fourth-order valence-corrected chi connectivity index (χ4v) is 5.21. The predicted molar refractivity (Wildman–Crippen MR) is 126 cm³/mol. The second-order valence-corrected chi connectivity index (χ2v) is 8.92. The van der Waals surface area contributed by atoms with E-state index in [1.807, 2.05) is 48.5 Å². The molecule has 4 heterocycles. The smallest absolute Gasteiger partial charge is 0.281 e. The van der Waals surface area contributed by atoms with E-state index in [9.17, 15) is 9.59 Å². The first-order valence-electron chi connectivity index (χ1n) is 10.7. The largest absolute Gasteiger partial charge is 0.338 e. The SMILES string of the molecule is Cn1c(-c2ccccn2)nc2sc(N3CCC[C@@H]3C(=O)CCc3ccccc3)nc2c1=O. The van der Waals surface area contributed by atoms with Gasteiger partial charge in [0, 0.05) is 26.2 Å². The summed E-state index contributed by atoms with van der Waals surface area (Å²) in [6.07, 6.45) is 4.66. The molecule has 1 aliphatic rings. The van der Waals surface area contributed by atoms with E-state index in [1.54, 1.807) is 13.2 Å². The molecular formula is C24H23N5O2S. The molecule has 1 fully saturated rings. The summed E-state index contributed by atoms with van der Waals surface area (Å²) < 4.78 is 1.49. The summed E-state index contributed by atoms with van der Waals surface area (Å²) in [5.74, 6) is 0.732. The Hall–Kier alpha value is -3.39. The molecule has 0 amide bonds. The van der Waals surface area contributed by atoms with Gasteiger partial charge in [-0.05, 0) is 37.0 Å². The van der Waals surface area contributed by atoms with Crippen LogP contribution in [0.2, 0.25) is 0 Å². The maximum absolute atomic E-state index is 13.0. The van der Waals surface area contributed by atoms with E-state index in [0.29, 0.717) is 33.4 Å². The molecule has 0 radical (unpaired) electrons. The van der Waals surface area contributed by atoms with E-state index in [4.69, 9.17) is 0 Å². The number of carbonyl (C=O) groups excluding carboxylic acids is 1. The van der Waals surface area contributed by atoms with Crippen LogP contribution in [0.4, 0.5) is 5.13 Å². The van der Waals surface area contributed by atoms with Gasteiger partial charge in [-0.15, -0.1) is 0 Å². The fraction of sp³-hybridized carbons (Fsp3) is 0.292. The Labute approximate surface area is 189 Å². The van der Waals surface area contributed by atoms with Crippen molar-refractivity contribution in [3.8, 4) is 11.5 Å². The number of anilines is 1. The molecule has 3 aromatic heterocycles. The van der Waals surface area contributed by atoms with E-state index in [0.717, 1.165) is 25.8 Å². The number of aryl methyl sites for hydroxylation is 1. The summed E-state index contributed by atoms with van der Waals surface area (Å²) in [6.45, 7) is 0.759. The number of Topliss-reactive ketones (excluding diaryl/α,β-unsaturated/α-hetero) is 1. The quantitative estimate of drug-likeness (QED) is 0.451. The minimum absolute atomic E-state index is 0.196. The predicted octanol–water partition coefficient (Wildman–Crippen LogP) is 3.62. The summed E-state index contributed by atoms with van der Waals surface area (Å²) in [5, 5.41) is 0.693. The number of carbonyl (C=O) groups is 1. The molecule has 1 aromatic carbocycles. The lowest BCUT2D eigenvalue weighted by Crippen LogP contribution is -2.36. The van der Waals surface area contributed by atoms with Crippen molar-refractivity contribution in [3.05, 3.63) is 70.6 Å². The van der Waals surface area contributed by atoms with Gasteiger partial charge in [-0.2, -0.15) is 0 Å². The van der Waals surface area contributed by atoms with Crippen LogP contribution in [-0.2, 0) is 18.3 Å². The van der Waals surface area contributed by atoms with Crippen molar-refractivity contribution in [3.63, 3.8) is 0 Å². The Bertz CT molecular complexity index is 1320. The summed E-state index contributed by atoms with van der Waals surface area (Å²) in [5.41, 5.74) is 1.94. The third kappa shape index (κ3) is 3.82. The molecule has 4 aromatic rings. The van der Waals surface area contributed by atoms with Crippen molar-refractivity contribution in [2.24, 2.45) is 7.05 Å². The minimum atomic E-state index is -0.204. The highest BCUT2D eigenvalue weighted by molar-refractivity contribution is 7.21. The summed E-state index contributed by atoms with van der Waals surface area (Å²) in [4.78, 5) is 42.3. The number of thiazole rings is 1. The number of hydrogen-bond acceptors (Lipinski definition) is 7. The number of nitrogens with zero attached hydrogens (tertiary/aromatic N) is 5. The molecule has 1 saturated heterocycles. The number of pyridine rings is 1. The van der Waals surface area contributed by atoms with Gasteiger partial charge in [0.1, 0.15) is 5.69 Å². The van der Waals surface area contributed by atoms with Crippen molar-refractivity contribution in [1.29, 1.82) is 0 Å². The van der Waals surface area contributed by atoms with E-state index in [2.05, 4.69) is 19.9 Å². The van der Waals surface area contributed by atoms with Crippen molar-refractivity contribution < 1.29 is 4.79 Å². The van der Waals surface area contributed by atoms with Crippen LogP contribution in [0.5, 0.6) is 0 Å². The first-order valence-corrected chi connectivity index (χ1v) is 11.6. The van der Waals surface area contributed by atoms with Gasteiger partial charge >= 0.3 is 0 Å². The highest BCUT2D eigenvalue weighted by Crippen LogP contribution is 2.33. The minimum Gasteiger partial charge on any atom is -0.338 e. The Morgan fingerprint density at radius 3 is 2.72 bits per heavy atom. The maximum atomic E-state index is 13.0. The normalized spacial score (nSPS) is 16.0. The first-order chi connectivity index (χ1) is 15.6. The van der Waals surface area contributed by atoms with Crippen LogP contribution < -0.4 is 10.5 Å². The standard InChI is InChI=1S/C24H23N5O2S/c1-28-21(17-10-5-6-14-25-17)27-22-20(23(28)31)26-24(32-22)29-15-7-11-18(29)19(30)13-12-16-8-3-2-4-9-16/h2-6,8-10,14,18H,7,11-13,15H2,1H3/t18-/m1/s1. The number of rotatable bonds is 6. The fourth-order valence-electron chi connectivity index (χ4n) is 4.20. The molecule has 8 heteroatoms. The molecule has 5 rings (SSSR count). The molecule has 162 valence electrons. The maximum Gasteiger partial charge on any atom is 0.281 e. The highest BCUT2D eigenvalue weighted by atomic mass is 32.1. The number of ketones is 1. The van der Waals surface area contributed by atoms with Crippen LogP contribution in [0.25, 0.3) is 21.9 Å². The molecule has 0 bridgehead atoms. The topological polar surface area (TPSA) is 81.0 Å². The molecule has 32 heavy (non-hydrogen) atoms. The summed E-state index contributed by atoms with van der Waals surface area (Å²) in [7, 11) is 1.68. The zero-order valence-corrected chi connectivity index (χ0v) is 18.6. The zero-order valence-electron chi connectivity index (χ0n) is 17.8. The lowest BCUT2D eigenvalue weighted by Gasteiger charge is -2.22. The van der Waals surface area contributed by atoms with Gasteiger partial charge in [0.05, 0.1) is 6.04 Å². The Balaban J connectivity index is 1.43. The van der Waals surface area contributed by atoms with Gasteiger partial charge in [-0.1, -0.05) is 47.7 Å². The molecule has 1 atom stereocenters. The number of benzene rings is 1. The molecule has 0 unspecified atom stereocenters. The van der Waals surface area contributed by atoms with Crippen LogP contribution in [0.1, 0.15) is 24.8 Å². The monoisotopic (exact) mass is 445 g/mol. The van der Waals surface area contributed by atoms with Crippen LogP contribution in [0.3, 0.4) is 0 Å². The van der Waals surface area contributed by atoms with Crippen molar-refractivity contribution in [1.82, 2.24) is 19.5 Å². The highest BCUT2D eigenvalue weighted by Gasteiger charge is 2.32. The number of fused-ring (bicyclic) bond motifs is 1. The third-order valence-corrected chi connectivity index (χ3v) is 6.88. The van der Waals surface area contributed by atoms with Gasteiger partial charge in [-0.3, -0.25) is 19.1 Å². The van der Waals surface area contributed by atoms with Gasteiger partial charge in [0.2, 0.25) is 0 Å². The first kappa shape index (κ1) is 20.5. The van der Waals surface area contributed by atoms with E-state index in [-0.39, 0.29) is 17.4 Å². The molecule has 0 saturated carbocycles. The second-order valence-electron chi connectivity index (χ2n) is 7.97. The Morgan fingerprint density at radius 2 is 1.94 bits per heavy atom. The molecule has 0 aliphatic carbocycles. The van der Waals surface area contributed by atoms with E-state index < -0.39 is 0 Å². The van der Waals surface area contributed by atoms with Gasteiger partial charge in [0.15, 0.2) is 27.1 Å². The summed E-state index contributed by atoms with van der Waals surface area (Å²) in [6, 6.07) is 15.4. The van der Waals surface area contributed by atoms with Gasteiger partial charge in [0.25, 0.3) is 5.56 Å². The molecule has 7 nitrogen and oxygen atoms in total. The summed E-state index contributed by atoms with van der Waals surface area (Å²) >= 11 is 1.37. The average Bonchev–Trinajstić information content (AvgIpc) is 3.48. The van der Waals surface area contributed by atoms with E-state index >= 15 is 0 Å². The van der Waals surface area contributed by atoms with Gasteiger partial charge in [-0.25, -0.2) is 9.97 Å². The van der Waals surface area contributed by atoms with E-state index in [1.165, 1.54) is 21.5 Å². The van der Waals surface area contributed by atoms with Crippen LogP contribution in [0.15, 0.2) is 59.5 Å². The molecular weight excluding hydrogens is 422 g/mol. The van der Waals surface area contributed by atoms with Crippen molar-refractivity contribution in [2.45, 2.75) is 31.7 Å². The van der Waals surface area contributed by atoms with Crippen LogP contribution in [-0.4, -0.2) is 37.9 Å². The molecule has 1 aliphatic heterocycles. The third-order valence-electron chi connectivity index (χ3n) is 5.90. The van der Waals surface area contributed by atoms with Crippen LogP contribution >= 0.6 is 11.3 Å². The second kappa shape index (κ2) is 8.63. The van der Waals surface area contributed by atoms with Crippen LogP contribution in [0, 0.1) is 0 Å². The Kier molecular flexibility index (Phi) is 5.53. The zero-order chi connectivity index (χ0) is 22.1.